The fourth-order valence-electron chi connectivity index (χ4n) is 2.98. The summed E-state index contributed by atoms with van der Waals surface area (Å²) in [7, 11) is 1.96. The van der Waals surface area contributed by atoms with Gasteiger partial charge in [-0.15, -0.1) is 0 Å². The second-order valence-electron chi connectivity index (χ2n) is 6.31. The fourth-order valence-corrected chi connectivity index (χ4v) is 2.98. The maximum absolute atomic E-state index is 13.1. The van der Waals surface area contributed by atoms with Gasteiger partial charge in [0.25, 0.3) is 0 Å². The Morgan fingerprint density at radius 1 is 0.923 bits per heavy atom. The van der Waals surface area contributed by atoms with Crippen LogP contribution in [0.2, 0.25) is 0 Å². The molecule has 3 aromatic rings. The molecule has 3 nitrogen and oxygen atoms in total. The molecule has 0 atom stereocenters. The van der Waals surface area contributed by atoms with Crippen LogP contribution < -0.4 is 15.4 Å². The molecule has 0 fully saturated rings. The average Bonchev–Trinajstić information content (AvgIpc) is 2.68. The lowest BCUT2D eigenvalue weighted by Crippen LogP contribution is -2.20. The summed E-state index contributed by atoms with van der Waals surface area (Å²) in [5.74, 6) is 0.639. The van der Waals surface area contributed by atoms with Crippen LogP contribution in [-0.4, -0.2) is 20.1 Å². The molecular formula is C22H25FN2O. The Labute approximate surface area is 154 Å². The molecule has 0 amide bonds. The number of ether oxygens (including phenoxy) is 1. The quantitative estimate of drug-likeness (QED) is 0.565. The first-order valence-corrected chi connectivity index (χ1v) is 9.01. The Bertz CT molecular complexity index is 833. The summed E-state index contributed by atoms with van der Waals surface area (Å²) in [6.07, 6.45) is 1.08. The van der Waals surface area contributed by atoms with Crippen LogP contribution in [-0.2, 0) is 13.2 Å². The monoisotopic (exact) mass is 352 g/mol. The van der Waals surface area contributed by atoms with E-state index in [0.29, 0.717) is 6.61 Å². The molecule has 136 valence electrons. The predicted octanol–water partition coefficient (Wildman–Crippen LogP) is 4.26. The van der Waals surface area contributed by atoms with E-state index in [1.54, 1.807) is 12.1 Å². The summed E-state index contributed by atoms with van der Waals surface area (Å²) in [4.78, 5) is 0. The third-order valence-corrected chi connectivity index (χ3v) is 4.39. The van der Waals surface area contributed by atoms with E-state index < -0.39 is 0 Å². The lowest BCUT2D eigenvalue weighted by atomic mass is 10.0. The van der Waals surface area contributed by atoms with Crippen LogP contribution in [0.4, 0.5) is 4.39 Å². The topological polar surface area (TPSA) is 33.3 Å². The molecule has 0 bridgehead atoms. The van der Waals surface area contributed by atoms with Crippen LogP contribution in [0.5, 0.6) is 5.75 Å². The van der Waals surface area contributed by atoms with Gasteiger partial charge >= 0.3 is 0 Å². The first-order valence-electron chi connectivity index (χ1n) is 9.01. The first kappa shape index (κ1) is 18.4. The van der Waals surface area contributed by atoms with Gasteiger partial charge in [0.2, 0.25) is 0 Å². The van der Waals surface area contributed by atoms with Gasteiger partial charge in [0.1, 0.15) is 18.2 Å². The first-order chi connectivity index (χ1) is 12.8. The Kier molecular flexibility index (Phi) is 6.58. The highest BCUT2D eigenvalue weighted by Crippen LogP contribution is 2.28. The van der Waals surface area contributed by atoms with Crippen LogP contribution >= 0.6 is 0 Å². The van der Waals surface area contributed by atoms with Crippen molar-refractivity contribution in [1.29, 1.82) is 0 Å². The SMILES string of the molecule is CNCCCNCc1c(OCc2ccc(F)cc2)ccc2ccccc12. The second kappa shape index (κ2) is 9.32. The Morgan fingerprint density at radius 2 is 1.73 bits per heavy atom. The van der Waals surface area contributed by atoms with Gasteiger partial charge in [0, 0.05) is 12.1 Å². The largest absolute Gasteiger partial charge is 0.489 e. The molecule has 2 N–H and O–H groups in total. The summed E-state index contributed by atoms with van der Waals surface area (Å²) < 4.78 is 19.1. The highest BCUT2D eigenvalue weighted by Gasteiger charge is 2.09. The second-order valence-corrected chi connectivity index (χ2v) is 6.31. The maximum Gasteiger partial charge on any atom is 0.124 e. The average molecular weight is 352 g/mol. The number of hydrogen-bond acceptors (Lipinski definition) is 3. The van der Waals surface area contributed by atoms with Gasteiger partial charge in [-0.05, 0) is 61.1 Å². The smallest absolute Gasteiger partial charge is 0.124 e. The lowest BCUT2D eigenvalue weighted by molar-refractivity contribution is 0.302. The third kappa shape index (κ3) is 4.81. The lowest BCUT2D eigenvalue weighted by Gasteiger charge is -2.15. The molecule has 0 unspecified atom stereocenters. The zero-order valence-electron chi connectivity index (χ0n) is 15.1. The number of halogens is 1. The molecule has 0 spiro atoms. The van der Waals surface area contributed by atoms with Crippen molar-refractivity contribution in [3.63, 3.8) is 0 Å². The van der Waals surface area contributed by atoms with Gasteiger partial charge in [-0.1, -0.05) is 42.5 Å². The van der Waals surface area contributed by atoms with E-state index in [4.69, 9.17) is 4.74 Å². The van der Waals surface area contributed by atoms with Gasteiger partial charge < -0.3 is 15.4 Å². The fraction of sp³-hybridized carbons (Fsp3) is 0.273. The molecule has 26 heavy (non-hydrogen) atoms. The van der Waals surface area contributed by atoms with Crippen LogP contribution in [0.25, 0.3) is 10.8 Å². The van der Waals surface area contributed by atoms with Crippen molar-refractivity contribution in [2.24, 2.45) is 0 Å². The van der Waals surface area contributed by atoms with E-state index in [0.717, 1.165) is 42.9 Å². The van der Waals surface area contributed by atoms with Crippen molar-refractivity contribution in [3.8, 4) is 5.75 Å². The van der Waals surface area contributed by atoms with Crippen LogP contribution in [0.15, 0.2) is 60.7 Å². The van der Waals surface area contributed by atoms with Gasteiger partial charge in [0.15, 0.2) is 0 Å². The van der Waals surface area contributed by atoms with Crippen molar-refractivity contribution >= 4 is 10.8 Å². The van der Waals surface area contributed by atoms with Crippen molar-refractivity contribution in [3.05, 3.63) is 77.6 Å². The van der Waals surface area contributed by atoms with E-state index in [2.05, 4.69) is 34.9 Å². The minimum absolute atomic E-state index is 0.231. The van der Waals surface area contributed by atoms with E-state index >= 15 is 0 Å². The highest BCUT2D eigenvalue weighted by molar-refractivity contribution is 5.87. The molecular weight excluding hydrogens is 327 g/mol. The minimum Gasteiger partial charge on any atom is -0.489 e. The van der Waals surface area contributed by atoms with Crippen molar-refractivity contribution in [1.82, 2.24) is 10.6 Å². The molecule has 0 saturated heterocycles. The normalized spacial score (nSPS) is 11.0. The summed E-state index contributed by atoms with van der Waals surface area (Å²) in [5, 5.41) is 9.07. The number of hydrogen-bond donors (Lipinski definition) is 2. The van der Waals surface area contributed by atoms with Gasteiger partial charge in [-0.25, -0.2) is 4.39 Å². The third-order valence-electron chi connectivity index (χ3n) is 4.39. The molecule has 3 aromatic carbocycles. The van der Waals surface area contributed by atoms with Gasteiger partial charge in [0.05, 0.1) is 0 Å². The van der Waals surface area contributed by atoms with Gasteiger partial charge in [-0.3, -0.25) is 0 Å². The van der Waals surface area contributed by atoms with Crippen LogP contribution in [0.1, 0.15) is 17.5 Å². The zero-order valence-corrected chi connectivity index (χ0v) is 15.1. The summed E-state index contributed by atoms with van der Waals surface area (Å²) in [6.45, 7) is 3.12. The number of fused-ring (bicyclic) bond motifs is 1. The maximum atomic E-state index is 13.1. The Balaban J connectivity index is 1.76. The summed E-state index contributed by atoms with van der Waals surface area (Å²) >= 11 is 0. The summed E-state index contributed by atoms with van der Waals surface area (Å²) in [5.41, 5.74) is 2.11. The van der Waals surface area contributed by atoms with E-state index in [9.17, 15) is 4.39 Å². The number of rotatable bonds is 9. The van der Waals surface area contributed by atoms with Crippen molar-refractivity contribution in [2.45, 2.75) is 19.6 Å². The number of benzene rings is 3. The van der Waals surface area contributed by atoms with E-state index in [-0.39, 0.29) is 5.82 Å². The number of nitrogens with one attached hydrogen (secondary N) is 2. The van der Waals surface area contributed by atoms with Crippen LogP contribution in [0, 0.1) is 5.82 Å². The molecule has 0 saturated carbocycles. The molecule has 3 rings (SSSR count). The zero-order chi connectivity index (χ0) is 18.2. The van der Waals surface area contributed by atoms with Crippen molar-refractivity contribution < 1.29 is 9.13 Å². The predicted molar refractivity (Wildman–Crippen MR) is 105 cm³/mol. The van der Waals surface area contributed by atoms with E-state index in [1.807, 2.05) is 19.2 Å². The Morgan fingerprint density at radius 3 is 2.54 bits per heavy atom. The molecule has 0 aromatic heterocycles. The summed E-state index contributed by atoms with van der Waals surface area (Å²) in [6, 6.07) is 18.9. The minimum atomic E-state index is -0.231. The van der Waals surface area contributed by atoms with Gasteiger partial charge in [-0.2, -0.15) is 0 Å². The van der Waals surface area contributed by atoms with Crippen molar-refractivity contribution in [2.75, 3.05) is 20.1 Å². The molecule has 0 aliphatic rings. The molecule has 0 heterocycles. The molecule has 4 heteroatoms. The van der Waals surface area contributed by atoms with Crippen LogP contribution in [0.3, 0.4) is 0 Å². The Hall–Kier alpha value is -2.43. The molecule has 0 aliphatic heterocycles. The standard InChI is InChI=1S/C22H25FN2O/c1-24-13-4-14-25-15-21-20-6-3-2-5-18(20)9-12-22(21)26-16-17-7-10-19(23)11-8-17/h2-3,5-12,24-25H,4,13-16H2,1H3. The van der Waals surface area contributed by atoms with E-state index in [1.165, 1.54) is 22.9 Å². The molecule has 0 radical (unpaired) electrons. The highest BCUT2D eigenvalue weighted by atomic mass is 19.1. The molecule has 0 aliphatic carbocycles.